The predicted octanol–water partition coefficient (Wildman–Crippen LogP) is 3.22. The molecule has 0 radical (unpaired) electrons. The maximum Gasteiger partial charge on any atom is 0.104 e. The van der Waals surface area contributed by atoms with Crippen LogP contribution < -0.4 is 0 Å². The summed E-state index contributed by atoms with van der Waals surface area (Å²) < 4.78 is 0. The molecule has 0 aromatic heterocycles. The summed E-state index contributed by atoms with van der Waals surface area (Å²) in [5, 5.41) is 20.2. The van der Waals surface area contributed by atoms with Gasteiger partial charge in [0.15, 0.2) is 0 Å². The van der Waals surface area contributed by atoms with Crippen LogP contribution in [0, 0.1) is 6.92 Å². The van der Waals surface area contributed by atoms with Gasteiger partial charge in [0.05, 0.1) is 6.61 Å². The van der Waals surface area contributed by atoms with Crippen LogP contribution in [0.25, 0.3) is 0 Å². The largest absolute Gasteiger partial charge is 0.392 e. The number of rotatable bonds is 3. The van der Waals surface area contributed by atoms with E-state index < -0.39 is 6.10 Å². The zero-order valence-electron chi connectivity index (χ0n) is 10.1. The van der Waals surface area contributed by atoms with Crippen molar-refractivity contribution in [2.24, 2.45) is 0 Å². The van der Waals surface area contributed by atoms with Crippen LogP contribution in [0.3, 0.4) is 0 Å². The number of hydrogen-bond acceptors (Lipinski definition) is 2. The van der Waals surface area contributed by atoms with Gasteiger partial charge in [-0.3, -0.25) is 0 Å². The van der Waals surface area contributed by atoms with E-state index in [1.54, 1.807) is 18.2 Å². The van der Waals surface area contributed by atoms with Crippen LogP contribution in [-0.4, -0.2) is 10.2 Å². The Morgan fingerprint density at radius 3 is 2.39 bits per heavy atom. The third-order valence-corrected chi connectivity index (χ3v) is 3.20. The summed E-state index contributed by atoms with van der Waals surface area (Å²) in [4.78, 5) is 0. The van der Waals surface area contributed by atoms with Gasteiger partial charge >= 0.3 is 0 Å². The first kappa shape index (κ1) is 13.1. The van der Waals surface area contributed by atoms with Crippen molar-refractivity contribution < 1.29 is 10.2 Å². The van der Waals surface area contributed by atoms with Crippen molar-refractivity contribution in [2.45, 2.75) is 19.6 Å². The highest BCUT2D eigenvalue weighted by atomic mass is 35.5. The molecule has 0 bridgehead atoms. The molecule has 0 fully saturated rings. The average molecular weight is 263 g/mol. The van der Waals surface area contributed by atoms with Crippen LogP contribution >= 0.6 is 11.6 Å². The van der Waals surface area contributed by atoms with Crippen LogP contribution in [-0.2, 0) is 6.61 Å². The highest BCUT2D eigenvalue weighted by Crippen LogP contribution is 2.27. The Hall–Kier alpha value is -1.35. The summed E-state index contributed by atoms with van der Waals surface area (Å²) >= 11 is 5.94. The normalized spacial score (nSPS) is 12.4. The van der Waals surface area contributed by atoms with Gasteiger partial charge in [-0.1, -0.05) is 47.5 Å². The van der Waals surface area contributed by atoms with Crippen molar-refractivity contribution in [2.75, 3.05) is 0 Å². The van der Waals surface area contributed by atoms with Gasteiger partial charge in [-0.25, -0.2) is 0 Å². The predicted molar refractivity (Wildman–Crippen MR) is 72.6 cm³/mol. The molecule has 0 heterocycles. The van der Waals surface area contributed by atoms with Crippen LogP contribution in [0.15, 0.2) is 42.5 Å². The topological polar surface area (TPSA) is 40.5 Å². The SMILES string of the molecule is Cc1ccc(C(O)c2cc(Cl)ccc2CO)cc1. The zero-order chi connectivity index (χ0) is 13.1. The fraction of sp³-hybridized carbons (Fsp3) is 0.200. The third kappa shape index (κ3) is 2.72. The highest BCUT2D eigenvalue weighted by molar-refractivity contribution is 6.30. The molecule has 1 unspecified atom stereocenters. The molecule has 2 rings (SSSR count). The lowest BCUT2D eigenvalue weighted by Gasteiger charge is -2.15. The Morgan fingerprint density at radius 2 is 1.78 bits per heavy atom. The Kier molecular flexibility index (Phi) is 4.02. The van der Waals surface area contributed by atoms with E-state index in [2.05, 4.69) is 0 Å². The summed E-state index contributed by atoms with van der Waals surface area (Å²) in [5.41, 5.74) is 3.26. The first-order valence-corrected chi connectivity index (χ1v) is 6.13. The van der Waals surface area contributed by atoms with Crippen molar-refractivity contribution >= 4 is 11.6 Å². The van der Waals surface area contributed by atoms with Gasteiger partial charge in [-0.15, -0.1) is 0 Å². The van der Waals surface area contributed by atoms with Crippen LogP contribution in [0.1, 0.15) is 28.4 Å². The Bertz CT molecular complexity index is 535. The molecule has 0 spiro atoms. The molecule has 18 heavy (non-hydrogen) atoms. The molecule has 0 saturated carbocycles. The minimum atomic E-state index is -0.772. The average Bonchev–Trinajstić information content (AvgIpc) is 2.39. The summed E-state index contributed by atoms with van der Waals surface area (Å²) in [5.74, 6) is 0. The lowest BCUT2D eigenvalue weighted by atomic mass is 9.96. The molecule has 2 nitrogen and oxygen atoms in total. The second-order valence-corrected chi connectivity index (χ2v) is 4.75. The van der Waals surface area contributed by atoms with Gasteiger partial charge in [0.25, 0.3) is 0 Å². The molecule has 0 aliphatic heterocycles. The third-order valence-electron chi connectivity index (χ3n) is 2.97. The standard InChI is InChI=1S/C15H15ClO2/c1-10-2-4-11(5-3-10)15(18)14-8-13(16)7-6-12(14)9-17/h2-8,15,17-18H,9H2,1H3. The fourth-order valence-electron chi connectivity index (χ4n) is 1.89. The van der Waals surface area contributed by atoms with Gasteiger partial charge in [-0.05, 0) is 35.7 Å². The van der Waals surface area contributed by atoms with Gasteiger partial charge in [0.1, 0.15) is 6.10 Å². The van der Waals surface area contributed by atoms with E-state index in [0.29, 0.717) is 16.1 Å². The molecule has 2 aromatic carbocycles. The van der Waals surface area contributed by atoms with Gasteiger partial charge < -0.3 is 10.2 Å². The van der Waals surface area contributed by atoms with E-state index in [1.165, 1.54) is 0 Å². The molecule has 2 N–H and O–H groups in total. The Morgan fingerprint density at radius 1 is 1.11 bits per heavy atom. The fourth-order valence-corrected chi connectivity index (χ4v) is 2.07. The molecular weight excluding hydrogens is 248 g/mol. The summed E-state index contributed by atoms with van der Waals surface area (Å²) in [7, 11) is 0. The van der Waals surface area contributed by atoms with E-state index in [-0.39, 0.29) is 6.61 Å². The quantitative estimate of drug-likeness (QED) is 0.892. The van der Waals surface area contributed by atoms with E-state index in [9.17, 15) is 10.2 Å². The minimum absolute atomic E-state index is 0.116. The molecule has 1 atom stereocenters. The number of aryl methyl sites for hydroxylation is 1. The van der Waals surface area contributed by atoms with Gasteiger partial charge in [-0.2, -0.15) is 0 Å². The van der Waals surface area contributed by atoms with Crippen molar-refractivity contribution in [3.05, 3.63) is 69.7 Å². The number of halogens is 1. The molecule has 0 aliphatic rings. The van der Waals surface area contributed by atoms with Gasteiger partial charge in [0, 0.05) is 5.02 Å². The van der Waals surface area contributed by atoms with Crippen molar-refractivity contribution in [3.8, 4) is 0 Å². The Balaban J connectivity index is 2.41. The first-order valence-electron chi connectivity index (χ1n) is 5.75. The first-order chi connectivity index (χ1) is 8.61. The summed E-state index contributed by atoms with van der Waals surface area (Å²) in [6, 6.07) is 12.8. The minimum Gasteiger partial charge on any atom is -0.392 e. The highest BCUT2D eigenvalue weighted by Gasteiger charge is 2.14. The number of benzene rings is 2. The maximum atomic E-state index is 10.3. The van der Waals surface area contributed by atoms with Crippen molar-refractivity contribution in [1.29, 1.82) is 0 Å². The lowest BCUT2D eigenvalue weighted by molar-refractivity contribution is 0.213. The smallest absolute Gasteiger partial charge is 0.104 e. The number of aliphatic hydroxyl groups excluding tert-OH is 2. The number of aliphatic hydroxyl groups is 2. The summed E-state index contributed by atoms with van der Waals surface area (Å²) in [6.45, 7) is 1.88. The lowest BCUT2D eigenvalue weighted by Crippen LogP contribution is -2.04. The number of hydrogen-bond donors (Lipinski definition) is 2. The van der Waals surface area contributed by atoms with E-state index in [4.69, 9.17) is 11.6 Å². The van der Waals surface area contributed by atoms with Crippen molar-refractivity contribution in [3.63, 3.8) is 0 Å². The van der Waals surface area contributed by atoms with Crippen LogP contribution in [0.4, 0.5) is 0 Å². The van der Waals surface area contributed by atoms with Crippen molar-refractivity contribution in [1.82, 2.24) is 0 Å². The van der Waals surface area contributed by atoms with E-state index in [0.717, 1.165) is 11.1 Å². The molecule has 0 aliphatic carbocycles. The molecule has 0 amide bonds. The Labute approximate surface area is 111 Å². The van der Waals surface area contributed by atoms with Crippen LogP contribution in [0.5, 0.6) is 0 Å². The van der Waals surface area contributed by atoms with E-state index in [1.807, 2.05) is 31.2 Å². The summed E-state index contributed by atoms with van der Waals surface area (Å²) in [6.07, 6.45) is -0.772. The molecule has 2 aromatic rings. The molecule has 3 heteroatoms. The molecule has 94 valence electrons. The maximum absolute atomic E-state index is 10.3. The molecule has 0 saturated heterocycles. The zero-order valence-corrected chi connectivity index (χ0v) is 10.9. The van der Waals surface area contributed by atoms with Crippen LogP contribution in [0.2, 0.25) is 5.02 Å². The molecular formula is C15H15ClO2. The second kappa shape index (κ2) is 5.53. The van der Waals surface area contributed by atoms with Gasteiger partial charge in [0.2, 0.25) is 0 Å². The second-order valence-electron chi connectivity index (χ2n) is 4.31. The monoisotopic (exact) mass is 262 g/mol. The van der Waals surface area contributed by atoms with E-state index >= 15 is 0 Å².